The molecule has 0 heterocycles. The second-order valence-corrected chi connectivity index (χ2v) is 5.07. The minimum atomic E-state index is 0.653. The fourth-order valence-electron chi connectivity index (χ4n) is 1.45. The van der Waals surface area contributed by atoms with Crippen LogP contribution in [0.3, 0.4) is 0 Å². The average molecular weight is 214 g/mol. The van der Waals surface area contributed by atoms with E-state index in [0.717, 1.165) is 12.5 Å². The van der Waals surface area contributed by atoms with Crippen molar-refractivity contribution in [3.8, 4) is 0 Å². The highest BCUT2D eigenvalue weighted by molar-refractivity contribution is 4.66. The smallest absolute Gasteiger partial charge is 0.0189 e. The van der Waals surface area contributed by atoms with E-state index >= 15 is 0 Å². The van der Waals surface area contributed by atoms with Crippen molar-refractivity contribution in [1.29, 1.82) is 0 Å². The molecule has 1 N–H and O–H groups in total. The molecule has 0 aliphatic carbocycles. The van der Waals surface area contributed by atoms with E-state index in [9.17, 15) is 0 Å². The highest BCUT2D eigenvalue weighted by Gasteiger charge is 2.08. The van der Waals surface area contributed by atoms with E-state index in [2.05, 4.69) is 45.0 Å². The Morgan fingerprint density at radius 3 is 2.40 bits per heavy atom. The minimum absolute atomic E-state index is 0.653. The van der Waals surface area contributed by atoms with E-state index in [0.29, 0.717) is 6.04 Å². The van der Waals surface area contributed by atoms with Gasteiger partial charge in [-0.05, 0) is 45.8 Å². The molecule has 0 fully saturated rings. The molecule has 15 heavy (non-hydrogen) atoms. The molecule has 0 saturated carbocycles. The number of nitrogens with one attached hydrogen (secondary N) is 1. The molecule has 2 nitrogen and oxygen atoms in total. The molecular formula is C13H30N2. The number of rotatable bonds is 9. The van der Waals surface area contributed by atoms with Gasteiger partial charge in [-0.25, -0.2) is 0 Å². The topological polar surface area (TPSA) is 15.3 Å². The zero-order valence-corrected chi connectivity index (χ0v) is 11.3. The molecule has 0 aliphatic heterocycles. The summed E-state index contributed by atoms with van der Waals surface area (Å²) in [5, 5.41) is 3.51. The first-order chi connectivity index (χ1) is 7.07. The number of hydrogen-bond acceptors (Lipinski definition) is 2. The van der Waals surface area contributed by atoms with Gasteiger partial charge in [-0.1, -0.05) is 27.2 Å². The maximum absolute atomic E-state index is 3.51. The van der Waals surface area contributed by atoms with Gasteiger partial charge in [0.15, 0.2) is 0 Å². The average Bonchev–Trinajstić information content (AvgIpc) is 2.20. The molecule has 0 aromatic heterocycles. The summed E-state index contributed by atoms with van der Waals surface area (Å²) in [6.07, 6.45) is 3.88. The lowest BCUT2D eigenvalue weighted by Gasteiger charge is -2.25. The summed E-state index contributed by atoms with van der Waals surface area (Å²) in [5.74, 6) is 0.813. The van der Waals surface area contributed by atoms with Crippen molar-refractivity contribution in [3.05, 3.63) is 0 Å². The minimum Gasteiger partial charge on any atom is -0.315 e. The fraction of sp³-hybridized carbons (Fsp3) is 1.00. The summed E-state index contributed by atoms with van der Waals surface area (Å²) in [5.41, 5.74) is 0. The third-order valence-electron chi connectivity index (χ3n) is 2.96. The Balaban J connectivity index is 3.46. The summed E-state index contributed by atoms with van der Waals surface area (Å²) >= 11 is 0. The number of hydrogen-bond donors (Lipinski definition) is 1. The van der Waals surface area contributed by atoms with E-state index in [4.69, 9.17) is 0 Å². The lowest BCUT2D eigenvalue weighted by Crippen LogP contribution is -2.39. The van der Waals surface area contributed by atoms with Crippen LogP contribution < -0.4 is 5.32 Å². The van der Waals surface area contributed by atoms with E-state index in [1.165, 1.54) is 32.4 Å². The van der Waals surface area contributed by atoms with Crippen molar-refractivity contribution in [3.63, 3.8) is 0 Å². The Labute approximate surface area is 96.4 Å². The van der Waals surface area contributed by atoms with Gasteiger partial charge in [-0.15, -0.1) is 0 Å². The Kier molecular flexibility index (Phi) is 9.12. The lowest BCUT2D eigenvalue weighted by molar-refractivity contribution is 0.237. The molecule has 0 aliphatic rings. The van der Waals surface area contributed by atoms with Crippen molar-refractivity contribution in [2.75, 3.05) is 26.7 Å². The van der Waals surface area contributed by atoms with Crippen LogP contribution in [0.4, 0.5) is 0 Å². The number of unbranched alkanes of at least 4 members (excludes halogenated alkanes) is 1. The van der Waals surface area contributed by atoms with Gasteiger partial charge in [-0.3, -0.25) is 0 Å². The standard InChI is InChI=1S/C13H30N2/c1-6-7-9-14-11-13(4)15(5)10-8-12(2)3/h12-14H,6-11H2,1-5H3. The first kappa shape index (κ1) is 14.9. The Morgan fingerprint density at radius 1 is 1.20 bits per heavy atom. The van der Waals surface area contributed by atoms with E-state index in [1.807, 2.05) is 0 Å². The van der Waals surface area contributed by atoms with E-state index < -0.39 is 0 Å². The first-order valence-corrected chi connectivity index (χ1v) is 6.48. The van der Waals surface area contributed by atoms with Crippen LogP contribution in [-0.4, -0.2) is 37.6 Å². The summed E-state index contributed by atoms with van der Waals surface area (Å²) < 4.78 is 0. The molecule has 0 aromatic carbocycles. The van der Waals surface area contributed by atoms with Gasteiger partial charge in [0.1, 0.15) is 0 Å². The molecular weight excluding hydrogens is 184 g/mol. The van der Waals surface area contributed by atoms with Crippen LogP contribution in [0.15, 0.2) is 0 Å². The van der Waals surface area contributed by atoms with Gasteiger partial charge in [0.25, 0.3) is 0 Å². The molecule has 0 saturated heterocycles. The quantitative estimate of drug-likeness (QED) is 0.594. The van der Waals surface area contributed by atoms with Crippen LogP contribution in [-0.2, 0) is 0 Å². The Morgan fingerprint density at radius 2 is 1.87 bits per heavy atom. The normalized spacial score (nSPS) is 13.8. The zero-order chi connectivity index (χ0) is 11.7. The van der Waals surface area contributed by atoms with Crippen molar-refractivity contribution >= 4 is 0 Å². The van der Waals surface area contributed by atoms with Crippen molar-refractivity contribution < 1.29 is 0 Å². The SMILES string of the molecule is CCCCNCC(C)N(C)CCC(C)C. The highest BCUT2D eigenvalue weighted by Crippen LogP contribution is 2.03. The van der Waals surface area contributed by atoms with Crippen LogP contribution in [0, 0.1) is 5.92 Å². The summed E-state index contributed by atoms with van der Waals surface area (Å²) in [7, 11) is 2.23. The van der Waals surface area contributed by atoms with Crippen LogP contribution in [0.1, 0.15) is 47.0 Å². The predicted molar refractivity (Wildman–Crippen MR) is 69.3 cm³/mol. The molecule has 92 valence electrons. The summed E-state index contributed by atoms with van der Waals surface area (Å²) in [6.45, 7) is 12.6. The van der Waals surface area contributed by atoms with Crippen LogP contribution in [0.25, 0.3) is 0 Å². The zero-order valence-electron chi connectivity index (χ0n) is 11.3. The number of nitrogens with zero attached hydrogens (tertiary/aromatic N) is 1. The Bertz CT molecular complexity index is 134. The fourth-order valence-corrected chi connectivity index (χ4v) is 1.45. The molecule has 1 atom stereocenters. The lowest BCUT2D eigenvalue weighted by atomic mass is 10.1. The predicted octanol–water partition coefficient (Wildman–Crippen LogP) is 2.74. The maximum atomic E-state index is 3.51. The number of likely N-dealkylation sites (N-methyl/N-ethyl adjacent to an activating group) is 1. The van der Waals surface area contributed by atoms with Crippen molar-refractivity contribution in [2.24, 2.45) is 5.92 Å². The molecule has 0 bridgehead atoms. The first-order valence-electron chi connectivity index (χ1n) is 6.48. The second kappa shape index (κ2) is 9.17. The van der Waals surface area contributed by atoms with E-state index in [-0.39, 0.29) is 0 Å². The molecule has 0 rings (SSSR count). The molecule has 0 aromatic rings. The van der Waals surface area contributed by atoms with Crippen LogP contribution in [0.2, 0.25) is 0 Å². The monoisotopic (exact) mass is 214 g/mol. The molecule has 2 heteroatoms. The maximum Gasteiger partial charge on any atom is 0.0189 e. The highest BCUT2D eigenvalue weighted by atomic mass is 15.1. The molecule has 0 spiro atoms. The van der Waals surface area contributed by atoms with Crippen molar-refractivity contribution in [1.82, 2.24) is 10.2 Å². The largest absolute Gasteiger partial charge is 0.315 e. The van der Waals surface area contributed by atoms with E-state index in [1.54, 1.807) is 0 Å². The van der Waals surface area contributed by atoms with Crippen LogP contribution in [0.5, 0.6) is 0 Å². The summed E-state index contributed by atoms with van der Waals surface area (Å²) in [6, 6.07) is 0.653. The third kappa shape index (κ3) is 8.88. The van der Waals surface area contributed by atoms with Gasteiger partial charge >= 0.3 is 0 Å². The molecule has 0 radical (unpaired) electrons. The summed E-state index contributed by atoms with van der Waals surface area (Å²) in [4.78, 5) is 2.46. The van der Waals surface area contributed by atoms with Crippen molar-refractivity contribution in [2.45, 2.75) is 53.0 Å². The van der Waals surface area contributed by atoms with Crippen LogP contribution >= 0.6 is 0 Å². The Hall–Kier alpha value is -0.0800. The van der Waals surface area contributed by atoms with Gasteiger partial charge in [-0.2, -0.15) is 0 Å². The van der Waals surface area contributed by atoms with Gasteiger partial charge in [0.05, 0.1) is 0 Å². The molecule has 1 unspecified atom stereocenters. The second-order valence-electron chi connectivity index (χ2n) is 5.07. The van der Waals surface area contributed by atoms with Gasteiger partial charge < -0.3 is 10.2 Å². The van der Waals surface area contributed by atoms with Gasteiger partial charge in [0, 0.05) is 12.6 Å². The molecule has 0 amide bonds. The van der Waals surface area contributed by atoms with Gasteiger partial charge in [0.2, 0.25) is 0 Å². The third-order valence-corrected chi connectivity index (χ3v) is 2.96.